The molecule has 0 aliphatic carbocycles. The molecule has 0 fully saturated rings. The highest BCUT2D eigenvalue weighted by atomic mass is 16.5. The predicted octanol–water partition coefficient (Wildman–Crippen LogP) is 4.68. The van der Waals surface area contributed by atoms with E-state index in [4.69, 9.17) is 9.15 Å². The zero-order valence-electron chi connectivity index (χ0n) is 16.8. The summed E-state index contributed by atoms with van der Waals surface area (Å²) >= 11 is 0. The van der Waals surface area contributed by atoms with Crippen molar-refractivity contribution in [3.05, 3.63) is 94.8 Å². The summed E-state index contributed by atoms with van der Waals surface area (Å²) in [7, 11) is 0. The molecule has 6 nitrogen and oxygen atoms in total. The van der Waals surface area contributed by atoms with Crippen molar-refractivity contribution in [2.45, 2.75) is 6.92 Å². The molecule has 1 heterocycles. The summed E-state index contributed by atoms with van der Waals surface area (Å²) < 4.78 is 10.9. The molecule has 1 amide bonds. The predicted molar refractivity (Wildman–Crippen MR) is 118 cm³/mol. The molecule has 31 heavy (non-hydrogen) atoms. The van der Waals surface area contributed by atoms with Crippen molar-refractivity contribution in [3.63, 3.8) is 0 Å². The minimum Gasteiger partial charge on any atom is -0.484 e. The first-order chi connectivity index (χ1) is 15.0. The normalized spacial score (nSPS) is 10.6. The van der Waals surface area contributed by atoms with Gasteiger partial charge in [-0.2, -0.15) is 0 Å². The molecule has 1 N–H and O–H groups in total. The number of benzene rings is 3. The van der Waals surface area contributed by atoms with Gasteiger partial charge in [0.1, 0.15) is 11.3 Å². The highest BCUT2D eigenvalue weighted by Gasteiger charge is 2.10. The van der Waals surface area contributed by atoms with Crippen molar-refractivity contribution >= 4 is 28.3 Å². The number of carbonyl (C=O) groups excluding carboxylic acids is 2. The van der Waals surface area contributed by atoms with Gasteiger partial charge in [0.25, 0.3) is 5.91 Å². The molecular formula is C25H19NO5. The van der Waals surface area contributed by atoms with Crippen molar-refractivity contribution in [1.29, 1.82) is 0 Å². The lowest BCUT2D eigenvalue weighted by molar-refractivity contribution is -0.118. The zero-order valence-corrected chi connectivity index (χ0v) is 16.8. The fraction of sp³-hybridized carbons (Fsp3) is 0.0800. The molecular weight excluding hydrogens is 394 g/mol. The number of rotatable bonds is 6. The first kappa shape index (κ1) is 20.1. The van der Waals surface area contributed by atoms with Crippen LogP contribution >= 0.6 is 0 Å². The van der Waals surface area contributed by atoms with Crippen LogP contribution in [-0.4, -0.2) is 18.3 Å². The monoisotopic (exact) mass is 413 g/mol. The van der Waals surface area contributed by atoms with Crippen LogP contribution in [0.15, 0.2) is 88.1 Å². The maximum absolute atomic E-state index is 12.2. The number of nitrogens with one attached hydrogen (secondary N) is 1. The average Bonchev–Trinajstić information content (AvgIpc) is 2.78. The summed E-state index contributed by atoms with van der Waals surface area (Å²) in [5.74, 6) is 0.0117. The number of ketones is 1. The van der Waals surface area contributed by atoms with Gasteiger partial charge in [-0.05, 0) is 54.4 Å². The molecule has 1 aromatic heterocycles. The van der Waals surface area contributed by atoms with Gasteiger partial charge < -0.3 is 14.5 Å². The third-order valence-corrected chi connectivity index (χ3v) is 4.75. The van der Waals surface area contributed by atoms with Crippen LogP contribution in [0.3, 0.4) is 0 Å². The van der Waals surface area contributed by atoms with Gasteiger partial charge in [0, 0.05) is 28.8 Å². The van der Waals surface area contributed by atoms with Gasteiger partial charge in [-0.15, -0.1) is 0 Å². The second-order valence-corrected chi connectivity index (χ2v) is 6.97. The van der Waals surface area contributed by atoms with Crippen LogP contribution in [0.1, 0.15) is 17.3 Å². The van der Waals surface area contributed by atoms with Gasteiger partial charge >= 0.3 is 5.63 Å². The number of anilines is 1. The van der Waals surface area contributed by atoms with E-state index in [2.05, 4.69) is 5.32 Å². The van der Waals surface area contributed by atoms with Crippen molar-refractivity contribution in [2.75, 3.05) is 11.9 Å². The summed E-state index contributed by atoms with van der Waals surface area (Å²) in [5.41, 5.74) is 2.73. The third kappa shape index (κ3) is 4.70. The lowest BCUT2D eigenvalue weighted by Gasteiger charge is -2.10. The molecule has 154 valence electrons. The second kappa shape index (κ2) is 8.67. The van der Waals surface area contributed by atoms with E-state index in [0.29, 0.717) is 22.6 Å². The van der Waals surface area contributed by atoms with Crippen LogP contribution in [-0.2, 0) is 4.79 Å². The Morgan fingerprint density at radius 1 is 0.935 bits per heavy atom. The summed E-state index contributed by atoms with van der Waals surface area (Å²) in [5, 5.41) is 3.48. The molecule has 4 rings (SSSR count). The van der Waals surface area contributed by atoms with E-state index in [1.807, 2.05) is 30.3 Å². The van der Waals surface area contributed by atoms with E-state index in [-0.39, 0.29) is 18.3 Å². The van der Waals surface area contributed by atoms with Crippen molar-refractivity contribution < 1.29 is 18.7 Å². The van der Waals surface area contributed by atoms with Gasteiger partial charge in [0.2, 0.25) is 0 Å². The molecule has 0 bridgehead atoms. The molecule has 0 spiro atoms. The van der Waals surface area contributed by atoms with E-state index in [1.54, 1.807) is 42.5 Å². The lowest BCUT2D eigenvalue weighted by Crippen LogP contribution is -2.20. The standard InChI is InChI=1S/C25H19NO5/c1-16(27)17-7-9-19(10-8-17)26-24(28)15-30-20-11-12-21-22(18-5-3-2-4-6-18)14-25(29)31-23(21)13-20/h2-14H,15H2,1H3,(H,26,28). The van der Waals surface area contributed by atoms with E-state index in [9.17, 15) is 14.4 Å². The minimum absolute atomic E-state index is 0.0420. The number of hydrogen-bond acceptors (Lipinski definition) is 5. The molecule has 3 aromatic carbocycles. The Bertz CT molecular complexity index is 1310. The summed E-state index contributed by atoms with van der Waals surface area (Å²) in [6, 6.07) is 22.7. The third-order valence-electron chi connectivity index (χ3n) is 4.75. The number of Topliss-reactive ketones (excluding diaryl/α,β-unsaturated/α-hetero) is 1. The van der Waals surface area contributed by atoms with Crippen LogP contribution in [0.4, 0.5) is 5.69 Å². The van der Waals surface area contributed by atoms with Crippen molar-refractivity contribution in [1.82, 2.24) is 0 Å². The Morgan fingerprint density at radius 3 is 2.39 bits per heavy atom. The van der Waals surface area contributed by atoms with E-state index in [1.165, 1.54) is 13.0 Å². The van der Waals surface area contributed by atoms with Gasteiger partial charge in [-0.3, -0.25) is 9.59 Å². The number of carbonyl (C=O) groups is 2. The molecule has 0 atom stereocenters. The molecule has 0 aliphatic heterocycles. The molecule has 4 aromatic rings. The van der Waals surface area contributed by atoms with Gasteiger partial charge in [-0.1, -0.05) is 30.3 Å². The van der Waals surface area contributed by atoms with E-state index < -0.39 is 5.63 Å². The Balaban J connectivity index is 1.48. The molecule has 0 unspecified atom stereocenters. The van der Waals surface area contributed by atoms with Gasteiger partial charge in [-0.25, -0.2) is 4.79 Å². The Kier molecular flexibility index (Phi) is 5.62. The van der Waals surface area contributed by atoms with Crippen LogP contribution in [0.5, 0.6) is 5.75 Å². The molecule has 0 radical (unpaired) electrons. The molecule has 6 heteroatoms. The first-order valence-corrected chi connectivity index (χ1v) is 9.66. The molecule has 0 saturated carbocycles. The number of hydrogen-bond donors (Lipinski definition) is 1. The first-order valence-electron chi connectivity index (χ1n) is 9.66. The quantitative estimate of drug-likeness (QED) is 0.366. The number of fused-ring (bicyclic) bond motifs is 1. The van der Waals surface area contributed by atoms with E-state index >= 15 is 0 Å². The van der Waals surface area contributed by atoms with Crippen molar-refractivity contribution in [3.8, 4) is 16.9 Å². The average molecular weight is 413 g/mol. The fourth-order valence-electron chi connectivity index (χ4n) is 3.22. The highest BCUT2D eigenvalue weighted by Crippen LogP contribution is 2.29. The van der Waals surface area contributed by atoms with Crippen LogP contribution in [0.2, 0.25) is 0 Å². The maximum Gasteiger partial charge on any atom is 0.336 e. The van der Waals surface area contributed by atoms with Gasteiger partial charge in [0.05, 0.1) is 0 Å². The Labute approximate surface area is 178 Å². The number of ether oxygens (including phenoxy) is 1. The summed E-state index contributed by atoms with van der Waals surface area (Å²) in [4.78, 5) is 35.5. The summed E-state index contributed by atoms with van der Waals surface area (Å²) in [6.45, 7) is 1.26. The topological polar surface area (TPSA) is 85.6 Å². The fourth-order valence-corrected chi connectivity index (χ4v) is 3.22. The lowest BCUT2D eigenvalue weighted by atomic mass is 10.0. The minimum atomic E-state index is -0.463. The zero-order chi connectivity index (χ0) is 21.8. The Morgan fingerprint density at radius 2 is 1.68 bits per heavy atom. The smallest absolute Gasteiger partial charge is 0.336 e. The van der Waals surface area contributed by atoms with Crippen molar-refractivity contribution in [2.24, 2.45) is 0 Å². The SMILES string of the molecule is CC(=O)c1ccc(NC(=O)COc2ccc3c(-c4ccccc4)cc(=O)oc3c2)cc1. The van der Waals surface area contributed by atoms with Gasteiger partial charge in [0.15, 0.2) is 12.4 Å². The number of amides is 1. The van der Waals surface area contributed by atoms with Crippen LogP contribution in [0, 0.1) is 0 Å². The highest BCUT2D eigenvalue weighted by molar-refractivity contribution is 5.96. The van der Waals surface area contributed by atoms with E-state index in [0.717, 1.165) is 16.5 Å². The van der Waals surface area contributed by atoms with Crippen LogP contribution in [0.25, 0.3) is 22.1 Å². The summed E-state index contributed by atoms with van der Waals surface area (Å²) in [6.07, 6.45) is 0. The second-order valence-electron chi connectivity index (χ2n) is 6.97. The maximum atomic E-state index is 12.2. The largest absolute Gasteiger partial charge is 0.484 e. The molecule has 0 saturated heterocycles. The Hall–Kier alpha value is -4.19. The molecule has 0 aliphatic rings. The van der Waals surface area contributed by atoms with Crippen LogP contribution < -0.4 is 15.7 Å².